The minimum atomic E-state index is 0.740. The summed E-state index contributed by atoms with van der Waals surface area (Å²) in [6.07, 6.45) is 3.14. The maximum Gasteiger partial charge on any atom is 0.151 e. The number of benzene rings is 1. The standard InChI is InChI=1S/C17H19N3/c1-12-7-17(19-18-9-12)20-10-14-8-15(16(14)11-20)13-5-3-2-4-6-13/h2-7,9,14-16H,8,10-11H2,1H3/t14-,15-,16+/m0/s1. The third kappa shape index (κ3) is 1.89. The molecule has 0 bridgehead atoms. The molecule has 3 nitrogen and oxygen atoms in total. The number of nitrogens with zero attached hydrogens (tertiary/aromatic N) is 3. The Labute approximate surface area is 119 Å². The van der Waals surface area contributed by atoms with Gasteiger partial charge < -0.3 is 4.90 Å². The molecule has 2 aliphatic rings. The summed E-state index contributed by atoms with van der Waals surface area (Å²) in [7, 11) is 0. The second-order valence-corrected chi connectivity index (χ2v) is 6.17. The minimum absolute atomic E-state index is 0.740. The highest BCUT2D eigenvalue weighted by Gasteiger charge is 2.47. The largest absolute Gasteiger partial charge is 0.355 e. The summed E-state index contributed by atoms with van der Waals surface area (Å²) in [5, 5.41) is 8.38. The van der Waals surface area contributed by atoms with Gasteiger partial charge in [-0.15, -0.1) is 5.10 Å². The van der Waals surface area contributed by atoms with Gasteiger partial charge in [-0.05, 0) is 48.3 Å². The van der Waals surface area contributed by atoms with E-state index in [1.807, 2.05) is 6.20 Å². The van der Waals surface area contributed by atoms with Crippen LogP contribution in [0.15, 0.2) is 42.6 Å². The maximum absolute atomic E-state index is 4.29. The molecule has 2 heterocycles. The number of aryl methyl sites for hydroxylation is 1. The van der Waals surface area contributed by atoms with Crippen LogP contribution in [0.4, 0.5) is 5.82 Å². The van der Waals surface area contributed by atoms with Gasteiger partial charge in [-0.1, -0.05) is 30.3 Å². The second kappa shape index (κ2) is 4.58. The first-order chi connectivity index (χ1) is 9.81. The molecule has 0 N–H and O–H groups in total. The zero-order chi connectivity index (χ0) is 13.5. The normalized spacial score (nSPS) is 28.1. The van der Waals surface area contributed by atoms with Crippen molar-refractivity contribution >= 4 is 5.82 Å². The van der Waals surface area contributed by atoms with Crippen molar-refractivity contribution in [2.24, 2.45) is 11.8 Å². The van der Waals surface area contributed by atoms with E-state index in [2.05, 4.69) is 58.4 Å². The molecular formula is C17H19N3. The molecule has 3 atom stereocenters. The van der Waals surface area contributed by atoms with Gasteiger partial charge in [0.1, 0.15) is 0 Å². The van der Waals surface area contributed by atoms with Crippen molar-refractivity contribution in [2.45, 2.75) is 19.3 Å². The van der Waals surface area contributed by atoms with Crippen molar-refractivity contribution < 1.29 is 0 Å². The highest BCUT2D eigenvalue weighted by Crippen LogP contribution is 2.51. The van der Waals surface area contributed by atoms with Crippen LogP contribution < -0.4 is 4.90 Å². The molecule has 102 valence electrons. The molecule has 2 aromatic rings. The molecule has 4 rings (SSSR count). The Hall–Kier alpha value is -1.90. The van der Waals surface area contributed by atoms with E-state index in [0.29, 0.717) is 0 Å². The molecule has 0 spiro atoms. The Kier molecular flexibility index (Phi) is 2.72. The quantitative estimate of drug-likeness (QED) is 0.835. The molecule has 0 amide bonds. The van der Waals surface area contributed by atoms with Crippen LogP contribution in [0.1, 0.15) is 23.5 Å². The number of hydrogen-bond donors (Lipinski definition) is 0. The summed E-state index contributed by atoms with van der Waals surface area (Å²) in [6, 6.07) is 13.1. The van der Waals surface area contributed by atoms with Crippen molar-refractivity contribution in [1.29, 1.82) is 0 Å². The van der Waals surface area contributed by atoms with Crippen LogP contribution in [0.5, 0.6) is 0 Å². The Bertz CT molecular complexity index is 611. The lowest BCUT2D eigenvalue weighted by molar-refractivity contribution is 0.191. The van der Waals surface area contributed by atoms with Crippen LogP contribution >= 0.6 is 0 Å². The summed E-state index contributed by atoms with van der Waals surface area (Å²) in [6.45, 7) is 4.35. The second-order valence-electron chi connectivity index (χ2n) is 6.17. The van der Waals surface area contributed by atoms with E-state index in [1.165, 1.54) is 17.5 Å². The van der Waals surface area contributed by atoms with Crippen LogP contribution in [0, 0.1) is 18.8 Å². The fourth-order valence-electron chi connectivity index (χ4n) is 3.78. The molecule has 20 heavy (non-hydrogen) atoms. The molecule has 1 aromatic heterocycles. The van der Waals surface area contributed by atoms with E-state index in [4.69, 9.17) is 0 Å². The lowest BCUT2D eigenvalue weighted by atomic mass is 9.64. The Morgan fingerprint density at radius 1 is 1.15 bits per heavy atom. The van der Waals surface area contributed by atoms with Gasteiger partial charge in [-0.2, -0.15) is 5.10 Å². The summed E-state index contributed by atoms with van der Waals surface area (Å²) in [4.78, 5) is 2.41. The van der Waals surface area contributed by atoms with Crippen LogP contribution in [0.3, 0.4) is 0 Å². The first-order valence-corrected chi connectivity index (χ1v) is 7.40. The van der Waals surface area contributed by atoms with Gasteiger partial charge in [0.2, 0.25) is 0 Å². The van der Waals surface area contributed by atoms with E-state index in [-0.39, 0.29) is 0 Å². The third-order valence-electron chi connectivity index (χ3n) is 4.90. The van der Waals surface area contributed by atoms with Gasteiger partial charge >= 0.3 is 0 Å². The van der Waals surface area contributed by atoms with E-state index in [1.54, 1.807) is 0 Å². The van der Waals surface area contributed by atoms with Crippen LogP contribution in [0.2, 0.25) is 0 Å². The van der Waals surface area contributed by atoms with Crippen LogP contribution in [0.25, 0.3) is 0 Å². The predicted octanol–water partition coefficient (Wildman–Crippen LogP) is 3.02. The summed E-state index contributed by atoms with van der Waals surface area (Å²) in [5.74, 6) is 3.41. The zero-order valence-electron chi connectivity index (χ0n) is 11.7. The SMILES string of the molecule is Cc1cnnc(N2C[C@@H]3C[C@@H](c4ccccc4)[C@@H]3C2)c1. The molecule has 1 aliphatic carbocycles. The van der Waals surface area contributed by atoms with Gasteiger partial charge in [0, 0.05) is 13.1 Å². The topological polar surface area (TPSA) is 29.0 Å². The fourth-order valence-corrected chi connectivity index (χ4v) is 3.78. The molecule has 0 radical (unpaired) electrons. The van der Waals surface area contributed by atoms with Crippen LogP contribution in [-0.2, 0) is 0 Å². The average molecular weight is 265 g/mol. The first kappa shape index (κ1) is 11.9. The summed E-state index contributed by atoms with van der Waals surface area (Å²) < 4.78 is 0. The molecule has 2 fully saturated rings. The van der Waals surface area contributed by atoms with Gasteiger partial charge in [0.15, 0.2) is 5.82 Å². The number of hydrogen-bond acceptors (Lipinski definition) is 3. The Morgan fingerprint density at radius 2 is 2.00 bits per heavy atom. The minimum Gasteiger partial charge on any atom is -0.355 e. The van der Waals surface area contributed by atoms with Crippen molar-refractivity contribution in [3.05, 3.63) is 53.7 Å². The lowest BCUT2D eigenvalue weighted by Crippen LogP contribution is -2.33. The van der Waals surface area contributed by atoms with E-state index in [9.17, 15) is 0 Å². The van der Waals surface area contributed by atoms with E-state index >= 15 is 0 Å². The van der Waals surface area contributed by atoms with Gasteiger partial charge in [0.25, 0.3) is 0 Å². The van der Waals surface area contributed by atoms with Crippen molar-refractivity contribution in [3.63, 3.8) is 0 Å². The lowest BCUT2D eigenvalue weighted by Gasteiger charge is -2.39. The molecule has 1 aliphatic heterocycles. The zero-order valence-corrected chi connectivity index (χ0v) is 11.7. The van der Waals surface area contributed by atoms with Crippen LogP contribution in [-0.4, -0.2) is 23.3 Å². The Morgan fingerprint density at radius 3 is 2.80 bits per heavy atom. The molecule has 1 aromatic carbocycles. The average Bonchev–Trinajstić information content (AvgIpc) is 2.78. The molecule has 1 saturated carbocycles. The number of anilines is 1. The van der Waals surface area contributed by atoms with Crippen molar-refractivity contribution in [1.82, 2.24) is 10.2 Å². The predicted molar refractivity (Wildman–Crippen MR) is 79.8 cm³/mol. The van der Waals surface area contributed by atoms with Crippen molar-refractivity contribution in [2.75, 3.05) is 18.0 Å². The number of rotatable bonds is 2. The molecule has 0 unspecified atom stereocenters. The fraction of sp³-hybridized carbons (Fsp3) is 0.412. The highest BCUT2D eigenvalue weighted by molar-refractivity contribution is 5.42. The highest BCUT2D eigenvalue weighted by atomic mass is 15.3. The van der Waals surface area contributed by atoms with Crippen molar-refractivity contribution in [3.8, 4) is 0 Å². The number of aromatic nitrogens is 2. The first-order valence-electron chi connectivity index (χ1n) is 7.40. The van der Waals surface area contributed by atoms with Gasteiger partial charge in [0.05, 0.1) is 6.20 Å². The molecular weight excluding hydrogens is 246 g/mol. The third-order valence-corrected chi connectivity index (χ3v) is 4.90. The Balaban J connectivity index is 1.52. The van der Waals surface area contributed by atoms with E-state index in [0.717, 1.165) is 36.7 Å². The summed E-state index contributed by atoms with van der Waals surface area (Å²) >= 11 is 0. The summed E-state index contributed by atoms with van der Waals surface area (Å²) in [5.41, 5.74) is 2.69. The molecule has 1 saturated heterocycles. The maximum atomic E-state index is 4.29. The smallest absolute Gasteiger partial charge is 0.151 e. The molecule has 3 heteroatoms. The van der Waals surface area contributed by atoms with Gasteiger partial charge in [-0.3, -0.25) is 0 Å². The van der Waals surface area contributed by atoms with E-state index < -0.39 is 0 Å². The number of fused-ring (bicyclic) bond motifs is 1. The monoisotopic (exact) mass is 265 g/mol. The van der Waals surface area contributed by atoms with Gasteiger partial charge in [-0.25, -0.2) is 0 Å².